The van der Waals surface area contributed by atoms with Crippen molar-refractivity contribution in [2.45, 2.75) is 25.1 Å². The molecule has 0 radical (unpaired) electrons. The van der Waals surface area contributed by atoms with Crippen LogP contribution in [0, 0.1) is 6.92 Å². The number of pyridine rings is 2. The summed E-state index contributed by atoms with van der Waals surface area (Å²) in [4.78, 5) is 22.3. The summed E-state index contributed by atoms with van der Waals surface area (Å²) in [5.41, 5.74) is 3.48. The predicted octanol–water partition coefficient (Wildman–Crippen LogP) is 3.09. The number of benzene rings is 1. The lowest BCUT2D eigenvalue weighted by atomic mass is 10.0. The van der Waals surface area contributed by atoms with E-state index in [4.69, 9.17) is 0 Å². The third kappa shape index (κ3) is 4.91. The van der Waals surface area contributed by atoms with Crippen LogP contribution in [0.2, 0.25) is 0 Å². The van der Waals surface area contributed by atoms with Crippen molar-refractivity contribution in [1.82, 2.24) is 19.7 Å². The first-order chi connectivity index (χ1) is 16.8. The lowest BCUT2D eigenvalue weighted by Crippen LogP contribution is -2.25. The average Bonchev–Trinajstić information content (AvgIpc) is 3.22. The van der Waals surface area contributed by atoms with Crippen LogP contribution in [-0.2, 0) is 22.3 Å². The fourth-order valence-electron chi connectivity index (χ4n) is 4.27. The molecule has 2 aromatic heterocycles. The van der Waals surface area contributed by atoms with E-state index in [2.05, 4.69) is 19.8 Å². The Labute approximate surface area is 203 Å². The van der Waals surface area contributed by atoms with E-state index in [1.54, 1.807) is 30.6 Å². The normalized spacial score (nSPS) is 15.8. The number of hydrogen-bond donors (Lipinski definition) is 1. The molecule has 9 heteroatoms. The number of fused-ring (bicyclic) bond motifs is 2. The Morgan fingerprint density at radius 3 is 2.69 bits per heavy atom. The monoisotopic (exact) mass is 487 g/mol. The number of nitrogens with zero attached hydrogens (tertiary/aromatic N) is 4. The zero-order valence-corrected chi connectivity index (χ0v) is 20.3. The molecule has 4 aromatic rings. The SMILES string of the molecule is Cc1cccnc1CNS(=O)(=O)Cc1ccc2ccc3ncc(C4C=NN(C)C4)cc3c(=O)c2c1. The van der Waals surface area contributed by atoms with Crippen LogP contribution in [0.4, 0.5) is 0 Å². The van der Waals surface area contributed by atoms with Gasteiger partial charge in [-0.05, 0) is 53.3 Å². The van der Waals surface area contributed by atoms with Gasteiger partial charge in [0.2, 0.25) is 10.0 Å². The van der Waals surface area contributed by atoms with E-state index >= 15 is 0 Å². The Hall–Kier alpha value is -3.69. The highest BCUT2D eigenvalue weighted by Gasteiger charge is 2.18. The van der Waals surface area contributed by atoms with Gasteiger partial charge in [-0.1, -0.05) is 24.3 Å². The van der Waals surface area contributed by atoms with E-state index in [0.717, 1.165) is 23.1 Å². The van der Waals surface area contributed by atoms with Crippen LogP contribution in [0.1, 0.15) is 28.3 Å². The Bertz CT molecular complexity index is 1640. The minimum atomic E-state index is -3.64. The summed E-state index contributed by atoms with van der Waals surface area (Å²) in [6, 6.07) is 14.4. The maximum atomic E-state index is 13.5. The molecule has 0 spiro atoms. The van der Waals surface area contributed by atoms with Gasteiger partial charge in [0, 0.05) is 48.9 Å². The minimum Gasteiger partial charge on any atom is -0.299 e. The summed E-state index contributed by atoms with van der Waals surface area (Å²) in [5, 5.41) is 7.83. The smallest absolute Gasteiger partial charge is 0.216 e. The molecular weight excluding hydrogens is 462 g/mol. The molecule has 0 saturated carbocycles. The van der Waals surface area contributed by atoms with Crippen molar-refractivity contribution in [3.8, 4) is 0 Å². The van der Waals surface area contributed by atoms with Crippen LogP contribution in [0.3, 0.4) is 0 Å². The van der Waals surface area contributed by atoms with Crippen LogP contribution >= 0.6 is 0 Å². The highest BCUT2D eigenvalue weighted by atomic mass is 32.2. The van der Waals surface area contributed by atoms with Crippen molar-refractivity contribution in [2.75, 3.05) is 13.6 Å². The van der Waals surface area contributed by atoms with Gasteiger partial charge in [0.1, 0.15) is 0 Å². The molecule has 8 nitrogen and oxygen atoms in total. The zero-order valence-electron chi connectivity index (χ0n) is 19.5. The van der Waals surface area contributed by atoms with Crippen LogP contribution in [0.25, 0.3) is 21.7 Å². The van der Waals surface area contributed by atoms with Gasteiger partial charge < -0.3 is 0 Å². The van der Waals surface area contributed by atoms with Crippen LogP contribution < -0.4 is 10.2 Å². The van der Waals surface area contributed by atoms with Crippen molar-refractivity contribution < 1.29 is 8.42 Å². The summed E-state index contributed by atoms with van der Waals surface area (Å²) in [6.45, 7) is 2.73. The lowest BCUT2D eigenvalue weighted by molar-refractivity contribution is 0.381. The molecule has 0 fully saturated rings. The molecule has 0 bridgehead atoms. The number of likely N-dealkylation sites (N-methyl/N-ethyl adjacent to an activating group) is 1. The van der Waals surface area contributed by atoms with Gasteiger partial charge >= 0.3 is 0 Å². The summed E-state index contributed by atoms with van der Waals surface area (Å²) in [6.07, 6.45) is 5.28. The maximum Gasteiger partial charge on any atom is 0.216 e. The van der Waals surface area contributed by atoms with Crippen molar-refractivity contribution in [2.24, 2.45) is 5.10 Å². The first kappa shape index (κ1) is 23.1. The lowest BCUT2D eigenvalue weighted by Gasteiger charge is -2.10. The average molecular weight is 488 g/mol. The maximum absolute atomic E-state index is 13.5. The Balaban J connectivity index is 1.48. The zero-order chi connectivity index (χ0) is 24.6. The molecule has 35 heavy (non-hydrogen) atoms. The van der Waals surface area contributed by atoms with E-state index in [0.29, 0.717) is 27.5 Å². The van der Waals surface area contributed by atoms with Crippen molar-refractivity contribution in [3.63, 3.8) is 0 Å². The fourth-order valence-corrected chi connectivity index (χ4v) is 5.35. The standard InChI is InChI=1S/C26H25N5O3S/c1-17-4-3-9-27-25(17)14-30-35(33,34)16-18-5-6-19-7-8-24-23(26(32)22(19)10-18)11-20(12-28-24)21-13-29-31(2)15-21/h3-13,21,30H,14-16H2,1-2H3. The quantitative estimate of drug-likeness (QED) is 0.448. The highest BCUT2D eigenvalue weighted by Crippen LogP contribution is 2.23. The Morgan fingerprint density at radius 1 is 1.09 bits per heavy atom. The van der Waals surface area contributed by atoms with Crippen molar-refractivity contribution in [3.05, 3.63) is 93.5 Å². The van der Waals surface area contributed by atoms with Crippen molar-refractivity contribution >= 4 is 37.9 Å². The number of nitrogens with one attached hydrogen (secondary N) is 1. The molecule has 1 aliphatic heterocycles. The Kier molecular flexibility index (Phi) is 6.04. The molecule has 1 aliphatic rings. The predicted molar refractivity (Wildman–Crippen MR) is 138 cm³/mol. The van der Waals surface area contributed by atoms with Gasteiger partial charge in [-0.25, -0.2) is 13.1 Å². The second kappa shape index (κ2) is 9.16. The molecule has 1 unspecified atom stereocenters. The molecule has 0 aliphatic carbocycles. The summed E-state index contributed by atoms with van der Waals surface area (Å²) in [5.74, 6) is -0.165. The minimum absolute atomic E-state index is 0.0718. The molecule has 0 saturated heterocycles. The fraction of sp³-hybridized carbons (Fsp3) is 0.231. The molecule has 5 rings (SSSR count). The van der Waals surface area contributed by atoms with E-state index in [-0.39, 0.29) is 23.6 Å². The Morgan fingerprint density at radius 2 is 1.91 bits per heavy atom. The molecule has 0 amide bonds. The molecule has 1 N–H and O–H groups in total. The molecule has 2 aromatic carbocycles. The summed E-state index contributed by atoms with van der Waals surface area (Å²) >= 11 is 0. The second-order valence-corrected chi connectivity index (χ2v) is 10.7. The van der Waals surface area contributed by atoms with Gasteiger partial charge in [-0.15, -0.1) is 0 Å². The number of hydrogen-bond acceptors (Lipinski definition) is 7. The van der Waals surface area contributed by atoms with Gasteiger partial charge in [-0.2, -0.15) is 5.10 Å². The summed E-state index contributed by atoms with van der Waals surface area (Å²) in [7, 11) is -1.73. The van der Waals surface area contributed by atoms with Crippen LogP contribution in [-0.4, -0.2) is 43.2 Å². The van der Waals surface area contributed by atoms with Crippen molar-refractivity contribution in [1.29, 1.82) is 0 Å². The van der Waals surface area contributed by atoms with Crippen LogP contribution in [0.15, 0.2) is 70.8 Å². The van der Waals surface area contributed by atoms with Gasteiger partial charge in [0.15, 0.2) is 5.43 Å². The third-order valence-corrected chi connectivity index (χ3v) is 7.53. The van der Waals surface area contributed by atoms with E-state index in [1.165, 1.54) is 0 Å². The van der Waals surface area contributed by atoms with E-state index in [1.807, 2.05) is 55.5 Å². The molecule has 1 atom stereocenters. The molecular formula is C26H25N5O3S. The second-order valence-electron chi connectivity index (χ2n) is 8.84. The van der Waals surface area contributed by atoms with Gasteiger partial charge in [0.25, 0.3) is 0 Å². The number of rotatable bonds is 6. The number of hydrazone groups is 1. The number of sulfonamides is 1. The van der Waals surface area contributed by atoms with Gasteiger partial charge in [0.05, 0.1) is 23.5 Å². The van der Waals surface area contributed by atoms with Gasteiger partial charge in [-0.3, -0.25) is 19.8 Å². The molecule has 3 heterocycles. The first-order valence-electron chi connectivity index (χ1n) is 11.3. The summed E-state index contributed by atoms with van der Waals surface area (Å²) < 4.78 is 28.1. The van der Waals surface area contributed by atoms with E-state index < -0.39 is 10.0 Å². The number of aryl methyl sites for hydroxylation is 1. The van der Waals surface area contributed by atoms with E-state index in [9.17, 15) is 13.2 Å². The number of aromatic nitrogens is 2. The first-order valence-corrected chi connectivity index (χ1v) is 12.9. The third-order valence-electron chi connectivity index (χ3n) is 6.23. The topological polar surface area (TPSA) is 105 Å². The largest absolute Gasteiger partial charge is 0.299 e. The molecule has 178 valence electrons. The highest BCUT2D eigenvalue weighted by molar-refractivity contribution is 7.88. The van der Waals surface area contributed by atoms with Crippen LogP contribution in [0.5, 0.6) is 0 Å².